The van der Waals surface area contributed by atoms with Crippen molar-refractivity contribution >= 4 is 0 Å². The molecule has 2 heteroatoms. The van der Waals surface area contributed by atoms with Gasteiger partial charge in [0.1, 0.15) is 0 Å². The minimum atomic E-state index is -0.252. The van der Waals surface area contributed by atoms with Gasteiger partial charge in [0.05, 0.1) is 12.2 Å². The number of aliphatic hydroxyl groups excluding tert-OH is 2. The average Bonchev–Trinajstić information content (AvgIpc) is 2.18. The first-order valence-corrected chi connectivity index (χ1v) is 5.92. The molecule has 4 atom stereocenters. The van der Waals surface area contributed by atoms with Crippen molar-refractivity contribution in [1.82, 2.24) is 0 Å². The highest BCUT2D eigenvalue weighted by Crippen LogP contribution is 2.25. The van der Waals surface area contributed by atoms with E-state index in [2.05, 4.69) is 13.8 Å². The monoisotopic (exact) mass is 202 g/mol. The van der Waals surface area contributed by atoms with Crippen LogP contribution in [-0.2, 0) is 0 Å². The molecule has 0 aliphatic heterocycles. The van der Waals surface area contributed by atoms with Gasteiger partial charge in [-0.3, -0.25) is 0 Å². The summed E-state index contributed by atoms with van der Waals surface area (Å²) in [7, 11) is 0. The molecule has 0 spiro atoms. The summed E-state index contributed by atoms with van der Waals surface area (Å²) in [4.78, 5) is 0. The summed E-state index contributed by atoms with van der Waals surface area (Å²) in [5.74, 6) is 0.681. The molecule has 0 fully saturated rings. The van der Waals surface area contributed by atoms with E-state index in [1.165, 1.54) is 0 Å². The van der Waals surface area contributed by atoms with E-state index >= 15 is 0 Å². The van der Waals surface area contributed by atoms with Crippen LogP contribution in [0.3, 0.4) is 0 Å². The fourth-order valence-electron chi connectivity index (χ4n) is 2.02. The van der Waals surface area contributed by atoms with Crippen LogP contribution < -0.4 is 0 Å². The van der Waals surface area contributed by atoms with Crippen molar-refractivity contribution in [3.05, 3.63) is 0 Å². The molecular weight excluding hydrogens is 176 g/mol. The van der Waals surface area contributed by atoms with Crippen LogP contribution in [0.25, 0.3) is 0 Å². The zero-order valence-electron chi connectivity index (χ0n) is 10.0. The van der Waals surface area contributed by atoms with E-state index in [-0.39, 0.29) is 12.2 Å². The van der Waals surface area contributed by atoms with E-state index in [0.717, 1.165) is 25.7 Å². The Balaban J connectivity index is 4.13. The van der Waals surface area contributed by atoms with Crippen LogP contribution in [0.5, 0.6) is 0 Å². The largest absolute Gasteiger partial charge is 0.393 e. The lowest BCUT2D eigenvalue weighted by Gasteiger charge is -2.26. The van der Waals surface area contributed by atoms with E-state index < -0.39 is 0 Å². The molecule has 14 heavy (non-hydrogen) atoms. The number of hydrogen-bond donors (Lipinski definition) is 2. The first-order valence-electron chi connectivity index (χ1n) is 5.92. The van der Waals surface area contributed by atoms with Gasteiger partial charge in [-0.15, -0.1) is 0 Å². The maximum atomic E-state index is 9.76. The Morgan fingerprint density at radius 1 is 0.857 bits per heavy atom. The van der Waals surface area contributed by atoms with Gasteiger partial charge in [-0.1, -0.05) is 33.6 Å². The van der Waals surface area contributed by atoms with Crippen LogP contribution in [-0.4, -0.2) is 22.4 Å². The van der Waals surface area contributed by atoms with Gasteiger partial charge in [-0.05, 0) is 31.6 Å². The van der Waals surface area contributed by atoms with Gasteiger partial charge in [-0.25, -0.2) is 0 Å². The SMILES string of the molecule is CCC(O)C(CC)CC(CC)C(C)O. The minimum Gasteiger partial charge on any atom is -0.393 e. The zero-order chi connectivity index (χ0) is 11.1. The first kappa shape index (κ1) is 13.9. The molecule has 0 aromatic rings. The smallest absolute Gasteiger partial charge is 0.0565 e. The summed E-state index contributed by atoms with van der Waals surface area (Å²) < 4.78 is 0. The highest BCUT2D eigenvalue weighted by molar-refractivity contribution is 4.73. The second kappa shape index (κ2) is 7.24. The van der Waals surface area contributed by atoms with Crippen molar-refractivity contribution in [2.75, 3.05) is 0 Å². The van der Waals surface area contributed by atoms with Crippen LogP contribution >= 0.6 is 0 Å². The molecule has 4 unspecified atom stereocenters. The normalized spacial score (nSPS) is 20.1. The third kappa shape index (κ3) is 4.43. The van der Waals surface area contributed by atoms with Gasteiger partial charge in [0.2, 0.25) is 0 Å². The number of hydrogen-bond acceptors (Lipinski definition) is 2. The van der Waals surface area contributed by atoms with E-state index in [0.29, 0.717) is 11.8 Å². The van der Waals surface area contributed by atoms with E-state index in [9.17, 15) is 10.2 Å². The predicted molar refractivity (Wildman–Crippen MR) is 60.2 cm³/mol. The van der Waals surface area contributed by atoms with Crippen molar-refractivity contribution in [2.45, 2.75) is 65.6 Å². The summed E-state index contributed by atoms with van der Waals surface area (Å²) in [5.41, 5.74) is 0. The van der Waals surface area contributed by atoms with Crippen molar-refractivity contribution in [3.63, 3.8) is 0 Å². The molecule has 0 amide bonds. The Morgan fingerprint density at radius 2 is 1.36 bits per heavy atom. The highest BCUT2D eigenvalue weighted by atomic mass is 16.3. The Bertz CT molecular complexity index is 134. The van der Waals surface area contributed by atoms with E-state index in [1.54, 1.807) is 0 Å². The van der Waals surface area contributed by atoms with Gasteiger partial charge < -0.3 is 10.2 Å². The molecular formula is C12H26O2. The second-order valence-corrected chi connectivity index (χ2v) is 4.29. The average molecular weight is 202 g/mol. The molecule has 0 heterocycles. The van der Waals surface area contributed by atoms with Gasteiger partial charge in [0.25, 0.3) is 0 Å². The lowest BCUT2D eigenvalue weighted by Crippen LogP contribution is -2.26. The molecule has 0 aromatic heterocycles. The topological polar surface area (TPSA) is 40.5 Å². The molecule has 0 bridgehead atoms. The Morgan fingerprint density at radius 3 is 1.64 bits per heavy atom. The molecule has 2 nitrogen and oxygen atoms in total. The fraction of sp³-hybridized carbons (Fsp3) is 1.00. The molecule has 0 radical (unpaired) electrons. The number of aliphatic hydroxyl groups is 2. The van der Waals surface area contributed by atoms with Gasteiger partial charge in [0, 0.05) is 0 Å². The van der Waals surface area contributed by atoms with Crippen LogP contribution in [0.15, 0.2) is 0 Å². The van der Waals surface area contributed by atoms with Gasteiger partial charge >= 0.3 is 0 Å². The summed E-state index contributed by atoms with van der Waals surface area (Å²) in [6.07, 6.45) is 3.29. The summed E-state index contributed by atoms with van der Waals surface area (Å²) in [6, 6.07) is 0. The Hall–Kier alpha value is -0.0800. The number of rotatable bonds is 7. The maximum Gasteiger partial charge on any atom is 0.0565 e. The molecule has 86 valence electrons. The summed E-state index contributed by atoms with van der Waals surface area (Å²) in [6.45, 7) is 8.07. The lowest BCUT2D eigenvalue weighted by molar-refractivity contribution is 0.0534. The van der Waals surface area contributed by atoms with Crippen LogP contribution in [0.2, 0.25) is 0 Å². The fourth-order valence-corrected chi connectivity index (χ4v) is 2.02. The zero-order valence-corrected chi connectivity index (χ0v) is 10.0. The van der Waals surface area contributed by atoms with Crippen molar-refractivity contribution < 1.29 is 10.2 Å². The molecule has 2 N–H and O–H groups in total. The van der Waals surface area contributed by atoms with Crippen molar-refractivity contribution in [1.29, 1.82) is 0 Å². The van der Waals surface area contributed by atoms with Crippen LogP contribution in [0, 0.1) is 11.8 Å². The van der Waals surface area contributed by atoms with Crippen molar-refractivity contribution in [2.24, 2.45) is 11.8 Å². The van der Waals surface area contributed by atoms with E-state index in [1.807, 2.05) is 13.8 Å². The molecule has 0 aromatic carbocycles. The Kier molecular flexibility index (Phi) is 7.20. The highest BCUT2D eigenvalue weighted by Gasteiger charge is 2.22. The van der Waals surface area contributed by atoms with Crippen LogP contribution in [0.1, 0.15) is 53.4 Å². The summed E-state index contributed by atoms with van der Waals surface area (Å²) in [5, 5.41) is 19.3. The lowest BCUT2D eigenvalue weighted by atomic mass is 9.84. The molecule has 0 saturated heterocycles. The minimum absolute atomic E-state index is 0.201. The third-order valence-corrected chi connectivity index (χ3v) is 3.30. The first-order chi connectivity index (χ1) is 6.56. The van der Waals surface area contributed by atoms with Gasteiger partial charge in [-0.2, -0.15) is 0 Å². The standard InChI is InChI=1S/C12H26O2/c1-5-10(9(4)13)8-11(6-2)12(14)7-3/h9-14H,5-8H2,1-4H3. The third-order valence-electron chi connectivity index (χ3n) is 3.30. The van der Waals surface area contributed by atoms with E-state index in [4.69, 9.17) is 0 Å². The quantitative estimate of drug-likeness (QED) is 0.666. The second-order valence-electron chi connectivity index (χ2n) is 4.29. The molecule has 0 rings (SSSR count). The van der Waals surface area contributed by atoms with Crippen molar-refractivity contribution in [3.8, 4) is 0 Å². The van der Waals surface area contributed by atoms with Gasteiger partial charge in [0.15, 0.2) is 0 Å². The Labute approximate surface area is 88.3 Å². The molecule has 0 saturated carbocycles. The molecule has 0 aliphatic carbocycles. The molecule has 0 aliphatic rings. The predicted octanol–water partition coefficient (Wildman–Crippen LogP) is 2.58. The summed E-state index contributed by atoms with van der Waals surface area (Å²) >= 11 is 0. The van der Waals surface area contributed by atoms with Crippen LogP contribution in [0.4, 0.5) is 0 Å². The maximum absolute atomic E-state index is 9.76.